The fourth-order valence-corrected chi connectivity index (χ4v) is 1.83. The number of morpholine rings is 1. The molecule has 1 fully saturated rings. The van der Waals surface area contributed by atoms with Crippen molar-refractivity contribution in [2.45, 2.75) is 0 Å². The first-order valence-electron chi connectivity index (χ1n) is 5.75. The van der Waals surface area contributed by atoms with Crippen LogP contribution in [-0.4, -0.2) is 44.3 Å². The summed E-state index contributed by atoms with van der Waals surface area (Å²) < 4.78 is 5.30. The number of nitrogens with one attached hydrogen (secondary N) is 1. The van der Waals surface area contributed by atoms with E-state index in [1.807, 2.05) is 24.3 Å². The predicted octanol–water partition coefficient (Wildman–Crippen LogP) is 1.43. The molecule has 0 atom stereocenters. The van der Waals surface area contributed by atoms with E-state index in [1.165, 1.54) is 0 Å². The number of nitrogen functional groups attached to an aromatic ring is 1. The maximum Gasteiger partial charge on any atom is 0.0594 e. The molecule has 1 heterocycles. The largest absolute Gasteiger partial charge is 0.397 e. The lowest BCUT2D eigenvalue weighted by Gasteiger charge is -2.26. The summed E-state index contributed by atoms with van der Waals surface area (Å²) >= 11 is 0. The molecule has 17 heavy (non-hydrogen) atoms. The number of nitrogens with two attached hydrogens (primary N) is 1. The number of anilines is 2. The monoisotopic (exact) mass is 257 g/mol. The second-order valence-corrected chi connectivity index (χ2v) is 3.97. The fourth-order valence-electron chi connectivity index (χ4n) is 1.83. The van der Waals surface area contributed by atoms with Gasteiger partial charge in [0, 0.05) is 26.2 Å². The average molecular weight is 258 g/mol. The summed E-state index contributed by atoms with van der Waals surface area (Å²) in [5, 5.41) is 3.35. The molecule has 1 aliphatic rings. The number of benzene rings is 1. The fraction of sp³-hybridized carbons (Fsp3) is 0.500. The number of nitrogens with zero attached hydrogens (tertiary/aromatic N) is 1. The molecule has 0 unspecified atom stereocenters. The van der Waals surface area contributed by atoms with E-state index in [9.17, 15) is 0 Å². The third-order valence-corrected chi connectivity index (χ3v) is 2.81. The van der Waals surface area contributed by atoms with Crippen molar-refractivity contribution < 1.29 is 4.74 Å². The Labute approximate surface area is 109 Å². The lowest BCUT2D eigenvalue weighted by atomic mass is 10.2. The van der Waals surface area contributed by atoms with Gasteiger partial charge in [-0.25, -0.2) is 0 Å². The van der Waals surface area contributed by atoms with Gasteiger partial charge in [0.2, 0.25) is 0 Å². The summed E-state index contributed by atoms with van der Waals surface area (Å²) in [5.74, 6) is 0. The van der Waals surface area contributed by atoms with Crippen molar-refractivity contribution in [1.82, 2.24) is 4.90 Å². The number of ether oxygens (including phenoxy) is 1. The first-order valence-corrected chi connectivity index (χ1v) is 5.75. The van der Waals surface area contributed by atoms with E-state index >= 15 is 0 Å². The number of halogens is 1. The molecular weight excluding hydrogens is 238 g/mol. The van der Waals surface area contributed by atoms with Gasteiger partial charge in [-0.3, -0.25) is 4.90 Å². The third kappa shape index (κ3) is 4.42. The van der Waals surface area contributed by atoms with Gasteiger partial charge in [-0.15, -0.1) is 12.4 Å². The third-order valence-electron chi connectivity index (χ3n) is 2.81. The zero-order valence-electron chi connectivity index (χ0n) is 9.89. The average Bonchev–Trinajstić information content (AvgIpc) is 2.33. The Hall–Kier alpha value is -0.970. The maximum atomic E-state index is 5.84. The van der Waals surface area contributed by atoms with Gasteiger partial charge in [0.1, 0.15) is 0 Å². The molecule has 96 valence electrons. The highest BCUT2D eigenvalue weighted by Crippen LogP contribution is 2.15. The first kappa shape index (κ1) is 14.1. The van der Waals surface area contributed by atoms with Gasteiger partial charge in [0.15, 0.2) is 0 Å². The van der Waals surface area contributed by atoms with Crippen LogP contribution in [-0.2, 0) is 4.74 Å². The standard InChI is InChI=1S/C12H19N3O.ClH/c13-11-3-1-2-4-12(11)14-5-6-15-7-9-16-10-8-15;/h1-4,14H,5-10,13H2;1H. The SMILES string of the molecule is Cl.Nc1ccccc1NCCN1CCOCC1. The molecule has 0 aromatic heterocycles. The summed E-state index contributed by atoms with van der Waals surface area (Å²) in [6, 6.07) is 7.86. The van der Waals surface area contributed by atoms with Crippen molar-refractivity contribution in [2.75, 3.05) is 50.4 Å². The molecule has 1 aromatic rings. The molecule has 0 bridgehead atoms. The Morgan fingerprint density at radius 2 is 1.94 bits per heavy atom. The van der Waals surface area contributed by atoms with Crippen LogP contribution in [0.1, 0.15) is 0 Å². The Balaban J connectivity index is 0.00000144. The zero-order chi connectivity index (χ0) is 11.2. The van der Waals surface area contributed by atoms with Crippen LogP contribution >= 0.6 is 12.4 Å². The van der Waals surface area contributed by atoms with Crippen LogP contribution in [0.25, 0.3) is 0 Å². The summed E-state index contributed by atoms with van der Waals surface area (Å²) in [7, 11) is 0. The highest BCUT2D eigenvalue weighted by atomic mass is 35.5. The summed E-state index contributed by atoms with van der Waals surface area (Å²) in [6.07, 6.45) is 0. The molecule has 4 nitrogen and oxygen atoms in total. The molecule has 1 saturated heterocycles. The van der Waals surface area contributed by atoms with Gasteiger partial charge < -0.3 is 15.8 Å². The van der Waals surface area contributed by atoms with Crippen molar-refractivity contribution in [3.63, 3.8) is 0 Å². The first-order chi connectivity index (χ1) is 7.86. The van der Waals surface area contributed by atoms with E-state index in [4.69, 9.17) is 10.5 Å². The summed E-state index contributed by atoms with van der Waals surface area (Å²) in [4.78, 5) is 2.40. The molecule has 2 rings (SSSR count). The molecule has 1 aliphatic heterocycles. The normalized spacial score (nSPS) is 16.2. The zero-order valence-corrected chi connectivity index (χ0v) is 10.7. The molecule has 0 amide bonds. The van der Waals surface area contributed by atoms with Gasteiger partial charge in [0.25, 0.3) is 0 Å². The van der Waals surface area contributed by atoms with Gasteiger partial charge in [-0.05, 0) is 12.1 Å². The minimum atomic E-state index is 0. The van der Waals surface area contributed by atoms with E-state index in [1.54, 1.807) is 0 Å². The molecule has 0 spiro atoms. The molecule has 3 N–H and O–H groups in total. The maximum absolute atomic E-state index is 5.84. The number of hydrogen-bond acceptors (Lipinski definition) is 4. The molecule has 0 radical (unpaired) electrons. The van der Waals surface area contributed by atoms with Crippen LogP contribution in [0.2, 0.25) is 0 Å². The summed E-state index contributed by atoms with van der Waals surface area (Å²) in [6.45, 7) is 5.74. The minimum Gasteiger partial charge on any atom is -0.397 e. The van der Waals surface area contributed by atoms with Crippen LogP contribution in [0.3, 0.4) is 0 Å². The topological polar surface area (TPSA) is 50.5 Å². The van der Waals surface area contributed by atoms with Gasteiger partial charge in [0.05, 0.1) is 24.6 Å². The van der Waals surface area contributed by atoms with Crippen molar-refractivity contribution >= 4 is 23.8 Å². The van der Waals surface area contributed by atoms with Gasteiger partial charge in [-0.1, -0.05) is 12.1 Å². The van der Waals surface area contributed by atoms with Gasteiger partial charge in [-0.2, -0.15) is 0 Å². The van der Waals surface area contributed by atoms with E-state index < -0.39 is 0 Å². The number of para-hydroxylation sites is 2. The van der Waals surface area contributed by atoms with Crippen molar-refractivity contribution in [1.29, 1.82) is 0 Å². The highest BCUT2D eigenvalue weighted by molar-refractivity contribution is 5.85. The van der Waals surface area contributed by atoms with Crippen LogP contribution in [0.5, 0.6) is 0 Å². The molecular formula is C12H20ClN3O. The highest BCUT2D eigenvalue weighted by Gasteiger charge is 2.09. The van der Waals surface area contributed by atoms with Crippen LogP contribution in [0.4, 0.5) is 11.4 Å². The number of hydrogen-bond donors (Lipinski definition) is 2. The van der Waals surface area contributed by atoms with Crippen molar-refractivity contribution in [2.24, 2.45) is 0 Å². The Morgan fingerprint density at radius 3 is 2.65 bits per heavy atom. The van der Waals surface area contributed by atoms with E-state index in [2.05, 4.69) is 10.2 Å². The smallest absolute Gasteiger partial charge is 0.0594 e. The second kappa shape index (κ2) is 7.37. The molecule has 5 heteroatoms. The summed E-state index contributed by atoms with van der Waals surface area (Å²) in [5.41, 5.74) is 7.68. The van der Waals surface area contributed by atoms with Crippen LogP contribution < -0.4 is 11.1 Å². The van der Waals surface area contributed by atoms with E-state index in [-0.39, 0.29) is 12.4 Å². The quantitative estimate of drug-likeness (QED) is 0.802. The second-order valence-electron chi connectivity index (χ2n) is 3.97. The van der Waals surface area contributed by atoms with E-state index in [0.717, 1.165) is 50.8 Å². The Morgan fingerprint density at radius 1 is 1.24 bits per heavy atom. The minimum absolute atomic E-state index is 0. The Kier molecular flexibility index (Phi) is 6.11. The van der Waals surface area contributed by atoms with Crippen LogP contribution in [0.15, 0.2) is 24.3 Å². The van der Waals surface area contributed by atoms with Crippen molar-refractivity contribution in [3.05, 3.63) is 24.3 Å². The predicted molar refractivity (Wildman–Crippen MR) is 73.9 cm³/mol. The van der Waals surface area contributed by atoms with Gasteiger partial charge >= 0.3 is 0 Å². The van der Waals surface area contributed by atoms with Crippen molar-refractivity contribution in [3.8, 4) is 0 Å². The molecule has 0 aliphatic carbocycles. The van der Waals surface area contributed by atoms with Crippen LogP contribution in [0, 0.1) is 0 Å². The van der Waals surface area contributed by atoms with E-state index in [0.29, 0.717) is 0 Å². The Bertz CT molecular complexity index is 329. The number of rotatable bonds is 4. The lowest BCUT2D eigenvalue weighted by molar-refractivity contribution is 0.0398. The molecule has 1 aromatic carbocycles. The lowest BCUT2D eigenvalue weighted by Crippen LogP contribution is -2.39. The molecule has 0 saturated carbocycles.